The van der Waals surface area contributed by atoms with Gasteiger partial charge in [-0.25, -0.2) is 22.8 Å². The molecule has 1 heterocycles. The number of benzene rings is 5. The first kappa shape index (κ1) is 43.8. The molecule has 3 amide bonds. The molecular weight excluding hydrogens is 807 g/mol. The van der Waals surface area contributed by atoms with Gasteiger partial charge in [0.25, 0.3) is 11.8 Å². The van der Waals surface area contributed by atoms with Crippen LogP contribution in [0.15, 0.2) is 91.0 Å². The number of hydrogen-bond donors (Lipinski definition) is 2. The summed E-state index contributed by atoms with van der Waals surface area (Å²) >= 11 is 0. The Morgan fingerprint density at radius 2 is 1.30 bits per heavy atom. The Bertz CT molecular complexity index is 2380. The molecule has 5 aromatic carbocycles. The van der Waals surface area contributed by atoms with Gasteiger partial charge in [-0.15, -0.1) is 0 Å². The SMILES string of the molecule is COc1ccc(C(OCCCCCCOC(=O)NC(C)c2c(C(=O)Oc3c(F)c(F)c(F)c(F)c3F)ccc3c2C(=O)NC3=O)(c2ccccc2)c2ccccc2)c(OC)c1. The summed E-state index contributed by atoms with van der Waals surface area (Å²) in [4.78, 5) is 51.3. The average molecular weight is 847 g/mol. The molecule has 11 nitrogen and oxygen atoms in total. The maximum absolute atomic E-state index is 14.4. The first-order chi connectivity index (χ1) is 29.3. The van der Waals surface area contributed by atoms with Crippen molar-refractivity contribution < 1.29 is 64.8 Å². The number of rotatable bonds is 17. The fourth-order valence-electron chi connectivity index (χ4n) is 7.13. The Labute approximate surface area is 346 Å². The molecule has 0 saturated carbocycles. The van der Waals surface area contributed by atoms with Crippen LogP contribution in [0.4, 0.5) is 26.7 Å². The van der Waals surface area contributed by atoms with Crippen molar-refractivity contribution in [2.75, 3.05) is 27.4 Å². The standard InChI is InChI=1S/C45H39F5N2O9/c1-25(33-30(20-19-29-34(33)42(54)52-41(29)53)43(55)61-40-38(49)36(47)35(46)37(48)39(40)50)51-44(56)59-22-12-4-5-13-23-60-45(26-14-8-6-9-15-26,27-16-10-7-11-17-27)31-21-18-28(57-2)24-32(31)58-3/h6-11,14-21,24-25H,4-5,12-13,22-23H2,1-3H3,(H,51,56)(H,52,53,54). The van der Waals surface area contributed by atoms with Gasteiger partial charge in [0.1, 0.15) is 17.1 Å². The number of amides is 3. The molecule has 1 unspecified atom stereocenters. The highest BCUT2D eigenvalue weighted by Crippen LogP contribution is 2.45. The van der Waals surface area contributed by atoms with Crippen molar-refractivity contribution in [2.24, 2.45) is 0 Å². The van der Waals surface area contributed by atoms with Crippen LogP contribution < -0.4 is 24.8 Å². The average Bonchev–Trinajstić information content (AvgIpc) is 3.57. The van der Waals surface area contributed by atoms with Gasteiger partial charge in [0.05, 0.1) is 43.6 Å². The van der Waals surface area contributed by atoms with Gasteiger partial charge in [0.15, 0.2) is 0 Å². The summed E-state index contributed by atoms with van der Waals surface area (Å²) in [5, 5.41) is 4.48. The Morgan fingerprint density at radius 1 is 0.705 bits per heavy atom. The molecule has 1 atom stereocenters. The number of carbonyl (C=O) groups is 4. The summed E-state index contributed by atoms with van der Waals surface area (Å²) in [7, 11) is 3.16. The minimum Gasteiger partial charge on any atom is -0.497 e. The van der Waals surface area contributed by atoms with Crippen LogP contribution in [-0.4, -0.2) is 51.3 Å². The lowest BCUT2D eigenvalue weighted by Gasteiger charge is -2.37. The van der Waals surface area contributed by atoms with Crippen LogP contribution in [0, 0.1) is 29.1 Å². The number of halogens is 5. The van der Waals surface area contributed by atoms with E-state index < -0.39 is 75.9 Å². The Morgan fingerprint density at radius 3 is 1.89 bits per heavy atom. The lowest BCUT2D eigenvalue weighted by atomic mass is 9.79. The summed E-state index contributed by atoms with van der Waals surface area (Å²) in [5.74, 6) is -16.2. The van der Waals surface area contributed by atoms with Crippen LogP contribution in [0.1, 0.15) is 92.0 Å². The van der Waals surface area contributed by atoms with Gasteiger partial charge in [-0.2, -0.15) is 8.78 Å². The van der Waals surface area contributed by atoms with Crippen molar-refractivity contribution in [1.82, 2.24) is 10.6 Å². The van der Waals surface area contributed by atoms with Crippen molar-refractivity contribution in [3.05, 3.63) is 159 Å². The van der Waals surface area contributed by atoms with E-state index in [1.54, 1.807) is 20.3 Å². The fraction of sp³-hybridized carbons (Fsp3) is 0.244. The summed E-state index contributed by atoms with van der Waals surface area (Å²) in [5.41, 5.74) is -0.0250. The van der Waals surface area contributed by atoms with Gasteiger partial charge in [-0.3, -0.25) is 14.9 Å². The van der Waals surface area contributed by atoms with Crippen molar-refractivity contribution in [3.63, 3.8) is 0 Å². The van der Waals surface area contributed by atoms with Gasteiger partial charge in [0.2, 0.25) is 34.8 Å². The minimum absolute atomic E-state index is 0.0402. The number of esters is 1. The lowest BCUT2D eigenvalue weighted by Crippen LogP contribution is -2.34. The molecule has 0 bridgehead atoms. The number of carbonyl (C=O) groups excluding carboxylic acids is 4. The van der Waals surface area contributed by atoms with E-state index in [-0.39, 0.29) is 23.3 Å². The van der Waals surface area contributed by atoms with E-state index in [1.165, 1.54) is 6.92 Å². The van der Waals surface area contributed by atoms with Crippen molar-refractivity contribution in [2.45, 2.75) is 44.2 Å². The van der Waals surface area contributed by atoms with Crippen molar-refractivity contribution in [1.29, 1.82) is 0 Å². The largest absolute Gasteiger partial charge is 0.497 e. The molecule has 0 saturated heterocycles. The number of fused-ring (bicyclic) bond motifs is 1. The van der Waals surface area contributed by atoms with Crippen LogP contribution in [0.2, 0.25) is 0 Å². The van der Waals surface area contributed by atoms with Crippen LogP contribution in [0.25, 0.3) is 0 Å². The predicted octanol–water partition coefficient (Wildman–Crippen LogP) is 8.86. The Kier molecular flexibility index (Phi) is 13.7. The molecule has 5 aromatic rings. The van der Waals surface area contributed by atoms with Crippen molar-refractivity contribution in [3.8, 4) is 17.2 Å². The van der Waals surface area contributed by atoms with E-state index in [9.17, 15) is 41.1 Å². The topological polar surface area (TPSA) is 138 Å². The van der Waals surface area contributed by atoms with Crippen LogP contribution >= 0.6 is 0 Å². The molecule has 1 aliphatic rings. The van der Waals surface area contributed by atoms with Crippen LogP contribution in [-0.2, 0) is 15.1 Å². The fourth-order valence-corrected chi connectivity index (χ4v) is 7.13. The van der Waals surface area contributed by atoms with Gasteiger partial charge in [-0.1, -0.05) is 67.1 Å². The van der Waals surface area contributed by atoms with Crippen molar-refractivity contribution >= 4 is 23.9 Å². The summed E-state index contributed by atoms with van der Waals surface area (Å²) in [6, 6.07) is 25.8. The smallest absolute Gasteiger partial charge is 0.407 e. The molecule has 2 N–H and O–H groups in total. The third-order valence-corrected chi connectivity index (χ3v) is 10.0. The number of methoxy groups -OCH3 is 2. The van der Waals surface area contributed by atoms with Crippen LogP contribution in [0.5, 0.6) is 17.2 Å². The zero-order valence-corrected chi connectivity index (χ0v) is 33.0. The zero-order chi connectivity index (χ0) is 43.8. The highest BCUT2D eigenvalue weighted by molar-refractivity contribution is 6.23. The molecule has 0 aliphatic carbocycles. The van der Waals surface area contributed by atoms with E-state index in [2.05, 4.69) is 10.1 Å². The number of alkyl carbamates (subject to hydrolysis) is 1. The molecule has 61 heavy (non-hydrogen) atoms. The van der Waals surface area contributed by atoms with Crippen LogP contribution in [0.3, 0.4) is 0 Å². The molecule has 6 rings (SSSR count). The maximum Gasteiger partial charge on any atom is 0.407 e. The number of imide groups is 1. The predicted molar refractivity (Wildman–Crippen MR) is 209 cm³/mol. The Balaban J connectivity index is 1.09. The second-order valence-electron chi connectivity index (χ2n) is 13.8. The van der Waals surface area contributed by atoms with Gasteiger partial charge < -0.3 is 29.0 Å². The quantitative estimate of drug-likeness (QED) is 0.0137. The molecule has 0 radical (unpaired) electrons. The summed E-state index contributed by atoms with van der Waals surface area (Å²) in [6.45, 7) is 1.61. The Hall–Kier alpha value is -6.81. The zero-order valence-electron chi connectivity index (χ0n) is 33.0. The minimum atomic E-state index is -2.47. The second-order valence-corrected chi connectivity index (χ2v) is 13.8. The number of nitrogens with one attached hydrogen (secondary N) is 2. The lowest BCUT2D eigenvalue weighted by molar-refractivity contribution is 0.00892. The van der Waals surface area contributed by atoms with E-state index in [0.29, 0.717) is 43.8 Å². The normalized spacial score (nSPS) is 12.7. The number of ether oxygens (including phenoxy) is 5. The molecular formula is C45H39F5N2O9. The van der Waals surface area contributed by atoms with Gasteiger partial charge >= 0.3 is 12.1 Å². The molecule has 318 valence electrons. The van der Waals surface area contributed by atoms with E-state index in [0.717, 1.165) is 28.8 Å². The molecule has 0 fully saturated rings. The molecule has 0 spiro atoms. The second kappa shape index (κ2) is 19.1. The third-order valence-electron chi connectivity index (χ3n) is 10.0. The monoisotopic (exact) mass is 846 g/mol. The van der Waals surface area contributed by atoms with Gasteiger partial charge in [-0.05, 0) is 61.6 Å². The maximum atomic E-state index is 14.4. The number of unbranched alkanes of at least 4 members (excludes halogenated alkanes) is 3. The molecule has 0 aromatic heterocycles. The van der Waals surface area contributed by atoms with E-state index in [4.69, 9.17) is 18.9 Å². The summed E-state index contributed by atoms with van der Waals surface area (Å²) < 4.78 is 98.1. The van der Waals surface area contributed by atoms with E-state index in [1.807, 2.05) is 78.1 Å². The third kappa shape index (κ3) is 8.89. The van der Waals surface area contributed by atoms with E-state index >= 15 is 0 Å². The summed E-state index contributed by atoms with van der Waals surface area (Å²) in [6.07, 6.45) is 1.40. The molecule has 1 aliphatic heterocycles. The van der Waals surface area contributed by atoms with Gasteiger partial charge in [0, 0.05) is 23.8 Å². The molecule has 16 heteroatoms. The number of hydrogen-bond acceptors (Lipinski definition) is 9. The first-order valence-corrected chi connectivity index (χ1v) is 19.0. The first-order valence-electron chi connectivity index (χ1n) is 19.0. The highest BCUT2D eigenvalue weighted by Gasteiger charge is 2.40. The highest BCUT2D eigenvalue weighted by atomic mass is 19.2.